The van der Waals surface area contributed by atoms with Crippen molar-refractivity contribution in [2.45, 2.75) is 226 Å². The number of aromatic nitrogens is 3. The maximum absolute atomic E-state index is 14.6. The molecule has 30 nitrogen and oxygen atoms in total. The van der Waals surface area contributed by atoms with Crippen LogP contribution in [0.3, 0.4) is 0 Å². The summed E-state index contributed by atoms with van der Waals surface area (Å²) in [6, 6.07) is 7.65. The summed E-state index contributed by atoms with van der Waals surface area (Å²) >= 11 is 0. The second kappa shape index (κ2) is 32.7. The van der Waals surface area contributed by atoms with Crippen molar-refractivity contribution in [1.29, 1.82) is 0 Å². The number of ether oxygens (including phenoxy) is 7. The highest BCUT2D eigenvalue weighted by Gasteiger charge is 2.55. The van der Waals surface area contributed by atoms with Crippen LogP contribution in [0, 0.1) is 35.3 Å². The van der Waals surface area contributed by atoms with E-state index in [1.54, 1.807) is 17.0 Å². The quantitative estimate of drug-likeness (QED) is 0.0471. The van der Waals surface area contributed by atoms with E-state index in [4.69, 9.17) is 33.2 Å². The average molecular weight is 1390 g/mol. The molecule has 11 rings (SSSR count). The van der Waals surface area contributed by atoms with Crippen LogP contribution in [0.15, 0.2) is 60.9 Å². The van der Waals surface area contributed by atoms with E-state index in [0.29, 0.717) is 42.8 Å². The van der Waals surface area contributed by atoms with Crippen LogP contribution in [-0.4, -0.2) is 256 Å². The van der Waals surface area contributed by atoms with Gasteiger partial charge in [0.15, 0.2) is 18.9 Å². The molecule has 0 spiro atoms. The molecule has 4 amide bonds. The molecule has 542 valence electrons. The molecule has 15 unspecified atom stereocenters. The van der Waals surface area contributed by atoms with E-state index in [1.165, 1.54) is 72.3 Å². The minimum absolute atomic E-state index is 0.0560. The molecule has 7 fully saturated rings. The Balaban J connectivity index is 0.800. The molecule has 14 N–H and O–H groups in total. The number of amides is 4. The molecule has 3 saturated carbocycles. The molecule has 98 heavy (non-hydrogen) atoms. The fourth-order valence-electron chi connectivity index (χ4n) is 15.0. The van der Waals surface area contributed by atoms with Gasteiger partial charge in [0.1, 0.15) is 96.6 Å². The first-order valence-corrected chi connectivity index (χ1v) is 34.2. The second-order valence-electron chi connectivity index (χ2n) is 27.2. The Kier molecular flexibility index (Phi) is 24.5. The third kappa shape index (κ3) is 16.6. The van der Waals surface area contributed by atoms with Crippen molar-refractivity contribution in [3.63, 3.8) is 0 Å². The maximum Gasteiger partial charge on any atom is 0.251 e. The monoisotopic (exact) mass is 1380 g/mol. The highest BCUT2D eigenvalue weighted by molar-refractivity contribution is 5.82. The van der Waals surface area contributed by atoms with E-state index < -0.39 is 189 Å². The molecule has 6 heterocycles. The molecular formula is C66H94F2N10O20. The predicted octanol–water partition coefficient (Wildman–Crippen LogP) is -1.14. The van der Waals surface area contributed by atoms with E-state index in [2.05, 4.69) is 37.2 Å². The molecule has 32 heteroatoms. The van der Waals surface area contributed by atoms with E-state index >= 15 is 0 Å². The molecule has 5 aliphatic heterocycles. The van der Waals surface area contributed by atoms with Gasteiger partial charge in [0.25, 0.3) is 5.91 Å². The Morgan fingerprint density at radius 1 is 0.704 bits per heavy atom. The van der Waals surface area contributed by atoms with Gasteiger partial charge in [0.2, 0.25) is 17.7 Å². The first-order valence-electron chi connectivity index (χ1n) is 34.2. The van der Waals surface area contributed by atoms with Crippen molar-refractivity contribution in [3.05, 3.63) is 78.1 Å². The summed E-state index contributed by atoms with van der Waals surface area (Å²) < 4.78 is 74.7. The highest BCUT2D eigenvalue weighted by atomic mass is 19.1. The SMILES string of the molecule is CCC1CC(C(=O)NCCNC(=O)C2CC(n3cc(-c4cccc(F)c4)nn3)C(O)[C@H](O[C@@H]3OC(CO)[C@H](O)C(N4C=C(c5cccc(F)c5)NN4)C3O)C2)C[C@@H](O[C@@H]2OC(CO)[C@H](O)C(O[C@@H](CC3CCCCC3)C(=O)N3CCC3)C2NC(C)=O)C1O[C@@H]1OC(C)[C@@H](O)C(O)C1O. The van der Waals surface area contributed by atoms with Crippen LogP contribution < -0.4 is 26.9 Å². The summed E-state index contributed by atoms with van der Waals surface area (Å²) in [4.78, 5) is 58.2. The van der Waals surface area contributed by atoms with Crippen molar-refractivity contribution in [2.75, 3.05) is 39.4 Å². The van der Waals surface area contributed by atoms with Gasteiger partial charge in [-0.1, -0.05) is 74.9 Å². The molecule has 24 atom stereocenters. The van der Waals surface area contributed by atoms with Crippen LogP contribution in [0.5, 0.6) is 0 Å². The van der Waals surface area contributed by atoms with Gasteiger partial charge in [-0.15, -0.1) is 10.6 Å². The smallest absolute Gasteiger partial charge is 0.251 e. The van der Waals surface area contributed by atoms with Gasteiger partial charge in [0, 0.05) is 62.3 Å². The lowest BCUT2D eigenvalue weighted by Gasteiger charge is -2.49. The Morgan fingerprint density at radius 2 is 1.34 bits per heavy atom. The fourth-order valence-corrected chi connectivity index (χ4v) is 15.0. The van der Waals surface area contributed by atoms with Crippen LogP contribution in [-0.2, 0) is 52.3 Å². The first-order chi connectivity index (χ1) is 47.1. The van der Waals surface area contributed by atoms with Gasteiger partial charge in [0.05, 0.1) is 55.6 Å². The van der Waals surface area contributed by atoms with Gasteiger partial charge in [-0.2, -0.15) is 0 Å². The summed E-state index contributed by atoms with van der Waals surface area (Å²) in [5.41, 5.74) is 7.14. The molecule has 3 aromatic rings. The number of hydrogen-bond acceptors (Lipinski definition) is 25. The fraction of sp³-hybridized carbons (Fsp3) is 0.697. The number of likely N-dealkylation sites (tertiary alicyclic amines) is 1. The number of aliphatic hydroxyl groups excluding tert-OH is 9. The zero-order valence-electron chi connectivity index (χ0n) is 54.9. The number of hydrogen-bond donors (Lipinski definition) is 14. The molecule has 8 aliphatic rings. The van der Waals surface area contributed by atoms with Crippen LogP contribution in [0.1, 0.15) is 109 Å². The van der Waals surface area contributed by atoms with Gasteiger partial charge < -0.3 is 105 Å². The van der Waals surface area contributed by atoms with Gasteiger partial charge in [-0.3, -0.25) is 24.2 Å². The standard InChI is InChI=1S/C66H94F2N10O20/c1-4-35-22-38(27-46(59(35)98-66-58(88)57(87)52(82)32(2)92-66)95-64-50(71-33(3)81)60(55(85)49(31-80)96-64)93-47(63(91)76-19-10-20-76)21-34-11-6-5-7-12-34)61(89)69-17-18-70-62(90)39-25-44(77-28-42(72-74-77)36-13-8-15-40(67)23-36)53(83)45(26-39)94-65-56(86)51(54(84)48(30-79)97-65)78-29-43(73-75-78)37-14-9-16-41(68)24-37/h8-9,13-16,23-24,28-29,32,34-35,38-39,44-60,64-66,73,75,79-80,82-88H,4-7,10-12,17-22,25-27,30-31H2,1-3H3,(H,69,89)(H,70,90)(H,71,81)/t32?,35?,38?,39?,44?,45-,46-,47+,48?,49?,50?,51?,52-,53?,54+,55+,56?,57?,58?,59?,60?,64-,65-,66+/m1/s1. The summed E-state index contributed by atoms with van der Waals surface area (Å²) in [5, 5.41) is 120. The van der Waals surface area contributed by atoms with Gasteiger partial charge >= 0.3 is 0 Å². The molecule has 4 saturated heterocycles. The number of hydrazine groups is 2. The number of benzene rings is 2. The third-order valence-corrected chi connectivity index (χ3v) is 20.6. The minimum atomic E-state index is -1.74. The zero-order valence-corrected chi connectivity index (χ0v) is 54.9. The molecule has 0 bridgehead atoms. The van der Waals surface area contributed by atoms with Gasteiger partial charge in [-0.25, -0.2) is 13.5 Å². The lowest BCUT2D eigenvalue weighted by molar-refractivity contribution is -0.338. The summed E-state index contributed by atoms with van der Waals surface area (Å²) in [5.74, 6) is -5.11. The predicted molar refractivity (Wildman–Crippen MR) is 337 cm³/mol. The Bertz CT molecular complexity index is 3210. The van der Waals surface area contributed by atoms with Crippen molar-refractivity contribution in [3.8, 4) is 11.3 Å². The van der Waals surface area contributed by atoms with Crippen LogP contribution in [0.2, 0.25) is 0 Å². The summed E-state index contributed by atoms with van der Waals surface area (Å²) in [6.07, 6.45) is -16.4. The maximum atomic E-state index is 14.6. The number of halogens is 2. The van der Waals surface area contributed by atoms with E-state index in [1.807, 2.05) is 6.92 Å². The lowest BCUT2D eigenvalue weighted by atomic mass is 9.75. The van der Waals surface area contributed by atoms with Crippen LogP contribution in [0.25, 0.3) is 17.0 Å². The summed E-state index contributed by atoms with van der Waals surface area (Å²) in [6.45, 7) is 3.93. The normalized spacial score (nSPS) is 36.5. The topological polar surface area (TPSA) is 412 Å². The van der Waals surface area contributed by atoms with Crippen LogP contribution in [0.4, 0.5) is 8.78 Å². The average Bonchev–Trinajstić information content (AvgIpc) is 1.13. The number of nitrogens with zero attached hydrogens (tertiary/aromatic N) is 5. The van der Waals surface area contributed by atoms with Crippen LogP contribution >= 0.6 is 0 Å². The second-order valence-corrected chi connectivity index (χ2v) is 27.2. The van der Waals surface area contributed by atoms with Crippen molar-refractivity contribution < 1.29 is 107 Å². The lowest BCUT2D eigenvalue weighted by Crippen LogP contribution is -2.67. The molecular weight excluding hydrogens is 1290 g/mol. The van der Waals surface area contributed by atoms with E-state index in [-0.39, 0.29) is 56.3 Å². The number of carbonyl (C=O) groups is 4. The minimum Gasteiger partial charge on any atom is -0.394 e. The van der Waals surface area contributed by atoms with E-state index in [0.717, 1.165) is 38.5 Å². The Hall–Kier alpha value is -6.02. The number of carbonyl (C=O) groups excluding carboxylic acids is 4. The Morgan fingerprint density at radius 3 is 1.99 bits per heavy atom. The number of rotatable bonds is 24. The summed E-state index contributed by atoms with van der Waals surface area (Å²) in [7, 11) is 0. The van der Waals surface area contributed by atoms with Crippen molar-refractivity contribution in [1.82, 2.24) is 51.8 Å². The molecule has 1 aromatic heterocycles. The molecule has 3 aliphatic carbocycles. The zero-order chi connectivity index (χ0) is 69.6. The Labute approximate surface area is 565 Å². The number of aliphatic hydroxyl groups is 9. The molecule has 0 radical (unpaired) electrons. The van der Waals surface area contributed by atoms with Crippen molar-refractivity contribution in [2.24, 2.45) is 23.7 Å². The number of nitrogens with one attached hydrogen (secondary N) is 5. The molecule has 2 aromatic carbocycles. The largest absolute Gasteiger partial charge is 0.394 e. The van der Waals surface area contributed by atoms with E-state index in [9.17, 15) is 73.9 Å². The van der Waals surface area contributed by atoms with Crippen molar-refractivity contribution >= 4 is 29.3 Å². The van der Waals surface area contributed by atoms with Gasteiger partial charge in [-0.05, 0) is 81.5 Å². The first kappa shape index (κ1) is 73.2. The highest BCUT2D eigenvalue weighted by Crippen LogP contribution is 2.42. The third-order valence-electron chi connectivity index (χ3n) is 20.6.